The van der Waals surface area contributed by atoms with E-state index in [2.05, 4.69) is 0 Å². The van der Waals surface area contributed by atoms with Crippen molar-refractivity contribution < 1.29 is 24.2 Å². The highest BCUT2D eigenvalue weighted by molar-refractivity contribution is 5.91. The average Bonchev–Trinajstić information content (AvgIpc) is 2.57. The van der Waals surface area contributed by atoms with Gasteiger partial charge in [-0.1, -0.05) is 0 Å². The van der Waals surface area contributed by atoms with Crippen LogP contribution in [0.5, 0.6) is 5.75 Å². The molecule has 0 aromatic heterocycles. The molecule has 0 spiro atoms. The van der Waals surface area contributed by atoms with Crippen LogP contribution in [0.15, 0.2) is 12.1 Å². The molecule has 1 aromatic rings. The van der Waals surface area contributed by atoms with E-state index in [1.54, 1.807) is 30.9 Å². The zero-order valence-electron chi connectivity index (χ0n) is 17.7. The van der Waals surface area contributed by atoms with Crippen LogP contribution in [0.3, 0.4) is 0 Å². The second-order valence-corrected chi connectivity index (χ2v) is 8.64. The molecule has 0 saturated carbocycles. The van der Waals surface area contributed by atoms with Gasteiger partial charge in [0.15, 0.2) is 0 Å². The molecule has 1 amide bonds. The Morgan fingerprint density at radius 3 is 2.21 bits per heavy atom. The molecular weight excluding hydrogens is 358 g/mol. The zero-order valence-corrected chi connectivity index (χ0v) is 17.7. The van der Waals surface area contributed by atoms with Gasteiger partial charge in [0.2, 0.25) is 0 Å². The molecule has 0 bridgehead atoms. The predicted molar refractivity (Wildman–Crippen MR) is 108 cm³/mol. The highest BCUT2D eigenvalue weighted by Crippen LogP contribution is 2.25. The molecule has 2 rings (SSSR count). The van der Waals surface area contributed by atoms with Crippen molar-refractivity contribution in [3.05, 3.63) is 28.8 Å². The molecule has 0 radical (unpaired) electrons. The fraction of sp³-hybridized carbons (Fsp3) is 0.636. The lowest BCUT2D eigenvalue weighted by atomic mass is 9.92. The topological polar surface area (TPSA) is 76.1 Å². The fourth-order valence-corrected chi connectivity index (χ4v) is 3.64. The van der Waals surface area contributed by atoms with Crippen molar-refractivity contribution in [2.45, 2.75) is 65.9 Å². The number of hydrogen-bond acceptors (Lipinski definition) is 4. The minimum Gasteiger partial charge on any atom is -0.494 e. The first-order chi connectivity index (χ1) is 13.1. The van der Waals surface area contributed by atoms with E-state index >= 15 is 0 Å². The summed E-state index contributed by atoms with van der Waals surface area (Å²) >= 11 is 0. The average molecular weight is 392 g/mol. The lowest BCUT2D eigenvalue weighted by Crippen LogP contribution is -2.41. The van der Waals surface area contributed by atoms with E-state index < -0.39 is 11.6 Å². The summed E-state index contributed by atoms with van der Waals surface area (Å²) in [7, 11) is 0. The van der Waals surface area contributed by atoms with Gasteiger partial charge in [-0.15, -0.1) is 0 Å². The standard InChI is InChI=1S/C22H33NO5/c1-15-13-18(14-16(2)19(15)20(24)25)27-12-6-7-17-8-10-23(11-9-17)21(26)28-22(3,4)5/h13-14,17H,6-12H2,1-5H3,(H,24,25). The molecule has 6 nitrogen and oxygen atoms in total. The Balaban J connectivity index is 1.71. The number of aryl methyl sites for hydroxylation is 2. The minimum absolute atomic E-state index is 0.218. The number of aromatic carboxylic acids is 1. The quantitative estimate of drug-likeness (QED) is 0.705. The number of carbonyl (C=O) groups is 2. The van der Waals surface area contributed by atoms with Crippen molar-refractivity contribution in [2.75, 3.05) is 19.7 Å². The van der Waals surface area contributed by atoms with Gasteiger partial charge in [0.1, 0.15) is 11.4 Å². The second kappa shape index (κ2) is 9.30. The van der Waals surface area contributed by atoms with Crippen molar-refractivity contribution in [2.24, 2.45) is 5.92 Å². The first kappa shape index (κ1) is 22.1. The van der Waals surface area contributed by atoms with E-state index in [1.165, 1.54) is 0 Å². The summed E-state index contributed by atoms with van der Waals surface area (Å²) in [5.41, 5.74) is 1.34. The smallest absolute Gasteiger partial charge is 0.410 e. The summed E-state index contributed by atoms with van der Waals surface area (Å²) in [6.07, 6.45) is 3.77. The summed E-state index contributed by atoms with van der Waals surface area (Å²) < 4.78 is 11.3. The van der Waals surface area contributed by atoms with Gasteiger partial charge in [0.25, 0.3) is 0 Å². The molecule has 0 unspecified atom stereocenters. The van der Waals surface area contributed by atoms with E-state index in [1.807, 2.05) is 20.8 Å². The summed E-state index contributed by atoms with van der Waals surface area (Å²) in [6, 6.07) is 3.57. The van der Waals surface area contributed by atoms with Crippen LogP contribution >= 0.6 is 0 Å². The van der Waals surface area contributed by atoms with Crippen molar-refractivity contribution in [3.8, 4) is 5.75 Å². The number of carboxylic acid groups (broad SMARTS) is 1. The molecule has 1 N–H and O–H groups in total. The van der Waals surface area contributed by atoms with Crippen LogP contribution in [0.4, 0.5) is 4.79 Å². The first-order valence-electron chi connectivity index (χ1n) is 10.0. The van der Waals surface area contributed by atoms with Gasteiger partial charge in [-0.05, 0) is 89.5 Å². The van der Waals surface area contributed by atoms with Crippen LogP contribution in [0.2, 0.25) is 0 Å². The Morgan fingerprint density at radius 1 is 1.14 bits per heavy atom. The Labute approximate surface area is 167 Å². The SMILES string of the molecule is Cc1cc(OCCCC2CCN(C(=O)OC(C)(C)C)CC2)cc(C)c1C(=O)O. The number of carboxylic acids is 1. The largest absolute Gasteiger partial charge is 0.494 e. The number of ether oxygens (including phenoxy) is 2. The molecule has 0 atom stereocenters. The Kier molecular flexibility index (Phi) is 7.33. The van der Waals surface area contributed by atoms with Crippen molar-refractivity contribution in [1.82, 2.24) is 4.90 Å². The third kappa shape index (κ3) is 6.43. The van der Waals surface area contributed by atoms with Gasteiger partial charge in [-0.25, -0.2) is 9.59 Å². The molecule has 156 valence electrons. The monoisotopic (exact) mass is 391 g/mol. The summed E-state index contributed by atoms with van der Waals surface area (Å²) in [5, 5.41) is 9.23. The number of carbonyl (C=O) groups excluding carboxylic acids is 1. The van der Waals surface area contributed by atoms with Crippen LogP contribution < -0.4 is 4.74 Å². The van der Waals surface area contributed by atoms with Crippen molar-refractivity contribution >= 4 is 12.1 Å². The van der Waals surface area contributed by atoms with Crippen molar-refractivity contribution in [1.29, 1.82) is 0 Å². The van der Waals surface area contributed by atoms with E-state index in [-0.39, 0.29) is 6.09 Å². The predicted octanol–water partition coefficient (Wildman–Crippen LogP) is 4.81. The number of likely N-dealkylation sites (tertiary alicyclic amines) is 1. The molecule has 0 aliphatic carbocycles. The summed E-state index contributed by atoms with van der Waals surface area (Å²) in [6.45, 7) is 11.3. The van der Waals surface area contributed by atoms with E-state index in [4.69, 9.17) is 9.47 Å². The number of piperidine rings is 1. The van der Waals surface area contributed by atoms with E-state index in [0.717, 1.165) is 55.6 Å². The van der Waals surface area contributed by atoms with Crippen LogP contribution in [-0.2, 0) is 4.74 Å². The van der Waals surface area contributed by atoms with Gasteiger partial charge in [0, 0.05) is 13.1 Å². The lowest BCUT2D eigenvalue weighted by molar-refractivity contribution is 0.0179. The normalized spacial score (nSPS) is 15.4. The molecule has 28 heavy (non-hydrogen) atoms. The number of benzene rings is 1. The maximum atomic E-state index is 12.1. The van der Waals surface area contributed by atoms with Crippen LogP contribution in [0.1, 0.15) is 67.9 Å². The Hall–Kier alpha value is -2.24. The summed E-state index contributed by atoms with van der Waals surface area (Å²) in [4.78, 5) is 25.2. The van der Waals surface area contributed by atoms with Crippen LogP contribution in [0.25, 0.3) is 0 Å². The molecular formula is C22H33NO5. The van der Waals surface area contributed by atoms with Gasteiger partial charge in [0.05, 0.1) is 12.2 Å². The maximum absolute atomic E-state index is 12.1. The van der Waals surface area contributed by atoms with Gasteiger partial charge in [-0.3, -0.25) is 0 Å². The van der Waals surface area contributed by atoms with Crippen LogP contribution in [-0.4, -0.2) is 47.4 Å². The number of nitrogens with zero attached hydrogens (tertiary/aromatic N) is 1. The third-order valence-electron chi connectivity index (χ3n) is 5.01. The number of rotatable bonds is 6. The molecule has 1 saturated heterocycles. The molecule has 1 aliphatic heterocycles. The zero-order chi connectivity index (χ0) is 20.9. The maximum Gasteiger partial charge on any atom is 0.410 e. The van der Waals surface area contributed by atoms with Crippen molar-refractivity contribution in [3.63, 3.8) is 0 Å². The van der Waals surface area contributed by atoms with E-state index in [0.29, 0.717) is 18.1 Å². The highest BCUT2D eigenvalue weighted by Gasteiger charge is 2.26. The molecule has 1 aliphatic rings. The minimum atomic E-state index is -0.903. The lowest BCUT2D eigenvalue weighted by Gasteiger charge is -2.33. The summed E-state index contributed by atoms with van der Waals surface area (Å²) in [5.74, 6) is 0.416. The van der Waals surface area contributed by atoms with Gasteiger partial charge < -0.3 is 19.5 Å². The third-order valence-corrected chi connectivity index (χ3v) is 5.01. The number of amides is 1. The highest BCUT2D eigenvalue weighted by atomic mass is 16.6. The molecule has 6 heteroatoms. The van der Waals surface area contributed by atoms with Gasteiger partial charge in [-0.2, -0.15) is 0 Å². The molecule has 1 aromatic carbocycles. The van der Waals surface area contributed by atoms with E-state index in [9.17, 15) is 14.7 Å². The molecule has 1 fully saturated rings. The number of hydrogen-bond donors (Lipinski definition) is 1. The second-order valence-electron chi connectivity index (χ2n) is 8.64. The molecule has 1 heterocycles. The van der Waals surface area contributed by atoms with Gasteiger partial charge >= 0.3 is 12.1 Å². The first-order valence-corrected chi connectivity index (χ1v) is 10.0. The Morgan fingerprint density at radius 2 is 1.71 bits per heavy atom. The van der Waals surface area contributed by atoms with Crippen LogP contribution in [0, 0.1) is 19.8 Å². The fourth-order valence-electron chi connectivity index (χ4n) is 3.64. The Bertz CT molecular complexity index is 676.